The van der Waals surface area contributed by atoms with Crippen molar-refractivity contribution in [1.29, 1.82) is 0 Å². The number of hydrogen-bond donors (Lipinski definition) is 2. The lowest BCUT2D eigenvalue weighted by atomic mass is 9.92. The number of methoxy groups -OCH3 is 1. The molecule has 0 saturated heterocycles. The summed E-state index contributed by atoms with van der Waals surface area (Å²) in [6, 6.07) is 10.0. The minimum absolute atomic E-state index is 0.0272. The lowest BCUT2D eigenvalue weighted by Gasteiger charge is -2.30. The summed E-state index contributed by atoms with van der Waals surface area (Å²) < 4.78 is 11.2. The van der Waals surface area contributed by atoms with Crippen LogP contribution in [0, 0.1) is 17.0 Å². The van der Waals surface area contributed by atoms with E-state index in [9.17, 15) is 14.9 Å². The number of ether oxygens (including phenoxy) is 2. The first-order valence-corrected chi connectivity index (χ1v) is 9.96. The van der Waals surface area contributed by atoms with Crippen LogP contribution in [0.5, 0.6) is 11.5 Å². The van der Waals surface area contributed by atoms with E-state index in [0.717, 1.165) is 11.1 Å². The van der Waals surface area contributed by atoms with Gasteiger partial charge in [0.2, 0.25) is 5.75 Å². The first kappa shape index (κ1) is 22.2. The molecule has 2 N–H and O–H groups in total. The molecule has 1 aliphatic heterocycles. The molecule has 162 valence electrons. The van der Waals surface area contributed by atoms with Crippen molar-refractivity contribution in [3.63, 3.8) is 0 Å². The second-order valence-electron chi connectivity index (χ2n) is 7.23. The number of thiocarbonyl (C=S) groups is 1. The molecule has 0 bridgehead atoms. The Balaban J connectivity index is 2.05. The van der Waals surface area contributed by atoms with E-state index in [1.54, 1.807) is 13.0 Å². The predicted molar refractivity (Wildman–Crippen MR) is 120 cm³/mol. The highest BCUT2D eigenvalue weighted by atomic mass is 32.1. The molecule has 0 spiro atoms. The van der Waals surface area contributed by atoms with Crippen LogP contribution in [0.1, 0.15) is 36.6 Å². The Morgan fingerprint density at radius 1 is 1.26 bits per heavy atom. The summed E-state index contributed by atoms with van der Waals surface area (Å²) in [5.41, 5.74) is 3.20. The lowest BCUT2D eigenvalue weighted by Crippen LogP contribution is -2.44. The Kier molecular flexibility index (Phi) is 6.55. The first-order valence-electron chi connectivity index (χ1n) is 9.55. The smallest absolute Gasteiger partial charge is 0.315 e. The molecule has 0 radical (unpaired) electrons. The van der Waals surface area contributed by atoms with Gasteiger partial charge in [0, 0.05) is 17.3 Å². The number of carbonyl (C=O) groups excluding carboxylic acids is 1. The fourth-order valence-electron chi connectivity index (χ4n) is 3.58. The molecule has 1 atom stereocenters. The quantitative estimate of drug-likeness (QED) is 0.379. The SMILES string of the molecule is COc1cc(C2NC(=S)NC(C)=C2C(C)=O)cc([N+](=O)[O-])c1OCc1cccc(C)c1. The van der Waals surface area contributed by atoms with Crippen LogP contribution in [0.4, 0.5) is 5.69 Å². The second-order valence-corrected chi connectivity index (χ2v) is 7.64. The maximum absolute atomic E-state index is 12.3. The summed E-state index contributed by atoms with van der Waals surface area (Å²) in [7, 11) is 1.41. The molecule has 9 heteroatoms. The number of hydrogen-bond acceptors (Lipinski definition) is 6. The number of benzene rings is 2. The van der Waals surface area contributed by atoms with Gasteiger partial charge in [-0.1, -0.05) is 29.8 Å². The van der Waals surface area contributed by atoms with Gasteiger partial charge in [-0.15, -0.1) is 0 Å². The van der Waals surface area contributed by atoms with E-state index in [-0.39, 0.29) is 29.6 Å². The number of allylic oxidation sites excluding steroid dienone is 1. The van der Waals surface area contributed by atoms with Gasteiger partial charge in [-0.3, -0.25) is 14.9 Å². The van der Waals surface area contributed by atoms with Crippen LogP contribution >= 0.6 is 12.2 Å². The Bertz CT molecular complexity index is 1100. The van der Waals surface area contributed by atoms with E-state index in [2.05, 4.69) is 10.6 Å². The summed E-state index contributed by atoms with van der Waals surface area (Å²) in [5, 5.41) is 18.1. The Morgan fingerprint density at radius 3 is 2.61 bits per heavy atom. The average Bonchev–Trinajstić information content (AvgIpc) is 2.70. The van der Waals surface area contributed by atoms with Crippen molar-refractivity contribution >= 4 is 28.8 Å². The first-order chi connectivity index (χ1) is 14.7. The van der Waals surface area contributed by atoms with Gasteiger partial charge >= 0.3 is 5.69 Å². The minimum atomic E-state index is -0.648. The number of Topliss-reactive ketones (excluding diaryl/α,β-unsaturated/α-hetero) is 1. The molecular formula is C22H23N3O5S. The molecule has 0 aliphatic carbocycles. The van der Waals surface area contributed by atoms with Crippen molar-refractivity contribution in [2.45, 2.75) is 33.4 Å². The van der Waals surface area contributed by atoms with Gasteiger partial charge in [-0.25, -0.2) is 0 Å². The number of carbonyl (C=O) groups is 1. The number of nitrogens with zero attached hydrogens (tertiary/aromatic N) is 1. The molecule has 31 heavy (non-hydrogen) atoms. The average molecular weight is 442 g/mol. The zero-order valence-corrected chi connectivity index (χ0v) is 18.5. The summed E-state index contributed by atoms with van der Waals surface area (Å²) in [6.45, 7) is 5.28. The highest BCUT2D eigenvalue weighted by Crippen LogP contribution is 2.42. The molecule has 0 saturated carbocycles. The minimum Gasteiger partial charge on any atom is -0.493 e. The van der Waals surface area contributed by atoms with Crippen molar-refractivity contribution in [3.8, 4) is 11.5 Å². The van der Waals surface area contributed by atoms with Gasteiger partial charge < -0.3 is 20.1 Å². The van der Waals surface area contributed by atoms with Crippen LogP contribution in [-0.4, -0.2) is 22.9 Å². The standard InChI is InChI=1S/C22H23N3O5S/c1-12-6-5-7-15(8-12)11-30-21-17(25(27)28)9-16(10-18(21)29-4)20-19(14(3)26)13(2)23-22(31)24-20/h5-10,20H,11H2,1-4H3,(H2,23,24,31). The zero-order valence-electron chi connectivity index (χ0n) is 17.6. The topological polar surface area (TPSA) is 103 Å². The molecular weight excluding hydrogens is 418 g/mol. The molecule has 2 aromatic carbocycles. The second kappa shape index (κ2) is 9.13. The molecule has 0 fully saturated rings. The van der Waals surface area contributed by atoms with Crippen LogP contribution in [0.3, 0.4) is 0 Å². The van der Waals surface area contributed by atoms with Crippen LogP contribution in [0.2, 0.25) is 0 Å². The fraction of sp³-hybridized carbons (Fsp3) is 0.273. The largest absolute Gasteiger partial charge is 0.493 e. The van der Waals surface area contributed by atoms with E-state index in [1.807, 2.05) is 31.2 Å². The van der Waals surface area contributed by atoms with Gasteiger partial charge in [0.1, 0.15) is 6.61 Å². The summed E-state index contributed by atoms with van der Waals surface area (Å²) in [5.74, 6) is 0.0504. The number of nitrogens with one attached hydrogen (secondary N) is 2. The van der Waals surface area contributed by atoms with Crippen molar-refractivity contribution in [3.05, 3.63) is 74.5 Å². The lowest BCUT2D eigenvalue weighted by molar-refractivity contribution is -0.386. The number of nitro groups is 1. The van der Waals surface area contributed by atoms with E-state index < -0.39 is 11.0 Å². The zero-order chi connectivity index (χ0) is 22.7. The number of nitro benzene ring substituents is 1. The molecule has 1 aliphatic rings. The highest BCUT2D eigenvalue weighted by molar-refractivity contribution is 7.80. The van der Waals surface area contributed by atoms with Crippen LogP contribution in [-0.2, 0) is 11.4 Å². The molecule has 8 nitrogen and oxygen atoms in total. The van der Waals surface area contributed by atoms with E-state index in [0.29, 0.717) is 21.9 Å². The normalized spacial score (nSPS) is 15.7. The van der Waals surface area contributed by atoms with Crippen LogP contribution < -0.4 is 20.1 Å². The Hall–Kier alpha value is -3.46. The Morgan fingerprint density at radius 2 is 2.00 bits per heavy atom. The third-order valence-electron chi connectivity index (χ3n) is 4.92. The molecule has 0 aromatic heterocycles. The predicted octanol–water partition coefficient (Wildman–Crippen LogP) is 3.87. The summed E-state index contributed by atoms with van der Waals surface area (Å²) in [6.07, 6.45) is 0. The molecule has 0 amide bonds. The van der Waals surface area contributed by atoms with Gasteiger partial charge in [0.15, 0.2) is 16.6 Å². The molecule has 2 aromatic rings. The fourth-order valence-corrected chi connectivity index (χ4v) is 3.85. The summed E-state index contributed by atoms with van der Waals surface area (Å²) in [4.78, 5) is 23.6. The van der Waals surface area contributed by atoms with Crippen molar-refractivity contribution in [1.82, 2.24) is 10.6 Å². The summed E-state index contributed by atoms with van der Waals surface area (Å²) >= 11 is 5.22. The van der Waals surface area contributed by atoms with E-state index >= 15 is 0 Å². The maximum Gasteiger partial charge on any atom is 0.315 e. The van der Waals surface area contributed by atoms with Crippen LogP contribution in [0.15, 0.2) is 47.7 Å². The van der Waals surface area contributed by atoms with E-state index in [1.165, 1.54) is 20.1 Å². The van der Waals surface area contributed by atoms with Crippen molar-refractivity contribution in [2.24, 2.45) is 0 Å². The third kappa shape index (κ3) is 4.83. The van der Waals surface area contributed by atoms with E-state index in [4.69, 9.17) is 21.7 Å². The molecule has 1 unspecified atom stereocenters. The number of aryl methyl sites for hydroxylation is 1. The highest BCUT2D eigenvalue weighted by Gasteiger charge is 2.31. The van der Waals surface area contributed by atoms with Crippen molar-refractivity contribution < 1.29 is 19.2 Å². The van der Waals surface area contributed by atoms with Gasteiger partial charge in [0.05, 0.1) is 18.1 Å². The Labute approximate surface area is 185 Å². The monoisotopic (exact) mass is 441 g/mol. The van der Waals surface area contributed by atoms with Gasteiger partial charge in [-0.05, 0) is 50.2 Å². The number of rotatable bonds is 7. The van der Waals surface area contributed by atoms with Gasteiger partial charge in [0.25, 0.3) is 0 Å². The molecule has 1 heterocycles. The third-order valence-corrected chi connectivity index (χ3v) is 5.14. The van der Waals surface area contributed by atoms with Gasteiger partial charge in [-0.2, -0.15) is 0 Å². The van der Waals surface area contributed by atoms with Crippen LogP contribution in [0.25, 0.3) is 0 Å². The number of ketones is 1. The maximum atomic E-state index is 12.3. The van der Waals surface area contributed by atoms with Crippen molar-refractivity contribution in [2.75, 3.05) is 7.11 Å². The molecule has 3 rings (SSSR count).